The van der Waals surface area contributed by atoms with Crippen molar-refractivity contribution in [2.75, 3.05) is 0 Å². The quantitative estimate of drug-likeness (QED) is 0.510. The van der Waals surface area contributed by atoms with Gasteiger partial charge in [-0.2, -0.15) is 0 Å². The van der Waals surface area contributed by atoms with Crippen LogP contribution in [0.2, 0.25) is 0 Å². The van der Waals surface area contributed by atoms with Crippen molar-refractivity contribution in [1.82, 2.24) is 0 Å². The third-order valence-electron chi connectivity index (χ3n) is 3.25. The maximum Gasteiger partial charge on any atom is 0.306 e. The molecule has 2 atom stereocenters. The predicted octanol–water partition coefficient (Wildman–Crippen LogP) is 2.83. The summed E-state index contributed by atoms with van der Waals surface area (Å²) in [4.78, 5) is 11.1. The Labute approximate surface area is 85.3 Å². The molecule has 1 fully saturated rings. The molecule has 2 rings (SSSR count). The van der Waals surface area contributed by atoms with Crippen LogP contribution in [0.3, 0.4) is 0 Å². The van der Waals surface area contributed by atoms with Crippen LogP contribution in [0.5, 0.6) is 0 Å². The van der Waals surface area contributed by atoms with Crippen molar-refractivity contribution in [3.05, 3.63) is 11.6 Å². The summed E-state index contributed by atoms with van der Waals surface area (Å²) < 4.78 is 5.26. The molecule has 2 unspecified atom stereocenters. The first-order chi connectivity index (χ1) is 6.79. The molecule has 78 valence electrons. The Bertz CT molecular complexity index is 255. The van der Waals surface area contributed by atoms with Gasteiger partial charge in [0, 0.05) is 5.92 Å². The minimum atomic E-state index is -0.00649. The molecular weight excluding hydrogens is 176 g/mol. The van der Waals surface area contributed by atoms with Gasteiger partial charge in [-0.1, -0.05) is 18.9 Å². The number of allylic oxidation sites excluding steroid dienone is 1. The van der Waals surface area contributed by atoms with Gasteiger partial charge in [0.25, 0.3) is 0 Å². The fraction of sp³-hybridized carbons (Fsp3) is 0.750. The molecular formula is C12H18O2. The first kappa shape index (κ1) is 9.75. The van der Waals surface area contributed by atoms with Gasteiger partial charge in [0.15, 0.2) is 0 Å². The van der Waals surface area contributed by atoms with Crippen molar-refractivity contribution < 1.29 is 9.53 Å². The number of carbonyl (C=O) groups excluding carboxylic acids is 1. The molecule has 1 heterocycles. The van der Waals surface area contributed by atoms with Crippen LogP contribution in [0.15, 0.2) is 11.6 Å². The second-order valence-electron chi connectivity index (χ2n) is 4.39. The van der Waals surface area contributed by atoms with E-state index in [1.54, 1.807) is 0 Å². The molecule has 1 aliphatic carbocycles. The summed E-state index contributed by atoms with van der Waals surface area (Å²) in [5, 5.41) is 0. The van der Waals surface area contributed by atoms with Gasteiger partial charge < -0.3 is 4.74 Å². The van der Waals surface area contributed by atoms with Crippen LogP contribution in [0.1, 0.15) is 45.4 Å². The van der Waals surface area contributed by atoms with Gasteiger partial charge in [0.05, 0.1) is 6.42 Å². The molecule has 1 saturated heterocycles. The minimum absolute atomic E-state index is 0.00649. The van der Waals surface area contributed by atoms with Gasteiger partial charge in [0.1, 0.15) is 6.10 Å². The van der Waals surface area contributed by atoms with E-state index in [9.17, 15) is 4.79 Å². The van der Waals surface area contributed by atoms with Gasteiger partial charge in [0.2, 0.25) is 0 Å². The van der Waals surface area contributed by atoms with Crippen LogP contribution < -0.4 is 0 Å². The fourth-order valence-electron chi connectivity index (χ4n) is 2.36. The molecule has 0 bridgehead atoms. The highest BCUT2D eigenvalue weighted by atomic mass is 16.5. The van der Waals surface area contributed by atoms with Crippen molar-refractivity contribution in [2.45, 2.75) is 51.6 Å². The lowest BCUT2D eigenvalue weighted by Crippen LogP contribution is -2.18. The average molecular weight is 194 g/mol. The topological polar surface area (TPSA) is 26.3 Å². The van der Waals surface area contributed by atoms with Gasteiger partial charge in [-0.05, 0) is 31.8 Å². The summed E-state index contributed by atoms with van der Waals surface area (Å²) in [6, 6.07) is 0. The zero-order valence-corrected chi connectivity index (χ0v) is 8.79. The maximum absolute atomic E-state index is 11.1. The van der Waals surface area contributed by atoms with Crippen LogP contribution in [0.4, 0.5) is 0 Å². The fourth-order valence-corrected chi connectivity index (χ4v) is 2.36. The number of ether oxygens (including phenoxy) is 1. The van der Waals surface area contributed by atoms with Gasteiger partial charge >= 0.3 is 5.97 Å². The van der Waals surface area contributed by atoms with E-state index in [0.29, 0.717) is 12.3 Å². The molecule has 0 amide bonds. The Balaban J connectivity index is 1.95. The molecule has 0 saturated carbocycles. The van der Waals surface area contributed by atoms with Crippen LogP contribution >= 0.6 is 0 Å². The highest BCUT2D eigenvalue weighted by Gasteiger charge is 2.35. The molecule has 2 nitrogen and oxygen atoms in total. The molecule has 0 aromatic rings. The second kappa shape index (κ2) is 4.16. The first-order valence-corrected chi connectivity index (χ1v) is 5.68. The number of esters is 1. The van der Waals surface area contributed by atoms with E-state index in [-0.39, 0.29) is 12.1 Å². The molecule has 0 aromatic carbocycles. The molecule has 14 heavy (non-hydrogen) atoms. The van der Waals surface area contributed by atoms with Crippen molar-refractivity contribution in [3.8, 4) is 0 Å². The largest absolute Gasteiger partial charge is 0.458 e. The summed E-state index contributed by atoms with van der Waals surface area (Å²) in [6.45, 7) is 2.21. The number of hydrogen-bond donors (Lipinski definition) is 0. The summed E-state index contributed by atoms with van der Waals surface area (Å²) in [5.41, 5.74) is 1.50. The molecule has 0 N–H and O–H groups in total. The number of fused-ring (bicyclic) bond motifs is 1. The normalized spacial score (nSPS) is 30.9. The van der Waals surface area contributed by atoms with E-state index >= 15 is 0 Å². The molecule has 1 aliphatic heterocycles. The van der Waals surface area contributed by atoms with E-state index in [2.05, 4.69) is 13.0 Å². The molecule has 0 spiro atoms. The van der Waals surface area contributed by atoms with Crippen molar-refractivity contribution >= 4 is 5.97 Å². The van der Waals surface area contributed by atoms with E-state index in [1.165, 1.54) is 31.3 Å². The Hall–Kier alpha value is -0.790. The van der Waals surface area contributed by atoms with Crippen LogP contribution in [0.25, 0.3) is 0 Å². The smallest absolute Gasteiger partial charge is 0.306 e. The van der Waals surface area contributed by atoms with Gasteiger partial charge in [-0.3, -0.25) is 4.79 Å². The highest BCUT2D eigenvalue weighted by molar-refractivity contribution is 5.72. The number of rotatable bonds is 3. The zero-order valence-electron chi connectivity index (χ0n) is 8.79. The van der Waals surface area contributed by atoms with E-state index in [1.807, 2.05) is 0 Å². The van der Waals surface area contributed by atoms with Gasteiger partial charge in [-0.25, -0.2) is 0 Å². The van der Waals surface area contributed by atoms with Crippen LogP contribution in [-0.4, -0.2) is 12.1 Å². The monoisotopic (exact) mass is 194 g/mol. The molecule has 2 aliphatic rings. The van der Waals surface area contributed by atoms with E-state index in [0.717, 1.165) is 6.42 Å². The first-order valence-electron chi connectivity index (χ1n) is 5.68. The summed E-state index contributed by atoms with van der Waals surface area (Å²) in [7, 11) is 0. The third-order valence-corrected chi connectivity index (χ3v) is 3.25. The van der Waals surface area contributed by atoms with Crippen molar-refractivity contribution in [2.24, 2.45) is 5.92 Å². The van der Waals surface area contributed by atoms with Crippen LogP contribution in [-0.2, 0) is 9.53 Å². The highest BCUT2D eigenvalue weighted by Crippen LogP contribution is 2.35. The Kier molecular flexibility index (Phi) is 2.90. The van der Waals surface area contributed by atoms with Crippen LogP contribution in [0, 0.1) is 5.92 Å². The number of hydrogen-bond acceptors (Lipinski definition) is 2. The Morgan fingerprint density at radius 3 is 3.21 bits per heavy atom. The Morgan fingerprint density at radius 2 is 2.43 bits per heavy atom. The predicted molar refractivity (Wildman–Crippen MR) is 54.8 cm³/mol. The summed E-state index contributed by atoms with van der Waals surface area (Å²) in [6.07, 6.45) is 8.98. The van der Waals surface area contributed by atoms with Crippen molar-refractivity contribution in [3.63, 3.8) is 0 Å². The van der Waals surface area contributed by atoms with E-state index in [4.69, 9.17) is 4.74 Å². The Morgan fingerprint density at radius 1 is 1.57 bits per heavy atom. The summed E-state index contributed by atoms with van der Waals surface area (Å²) >= 11 is 0. The molecule has 2 heteroatoms. The van der Waals surface area contributed by atoms with Crippen molar-refractivity contribution in [1.29, 1.82) is 0 Å². The zero-order chi connectivity index (χ0) is 9.97. The minimum Gasteiger partial charge on any atom is -0.458 e. The number of carbonyl (C=O) groups is 1. The summed E-state index contributed by atoms with van der Waals surface area (Å²) in [5.74, 6) is 0.473. The molecule has 0 aromatic heterocycles. The number of unbranched alkanes of at least 4 members (excludes halogenated alkanes) is 1. The maximum atomic E-state index is 11.1. The third kappa shape index (κ3) is 1.99. The standard InChI is InChI=1S/C12H18O2/c1-2-3-4-9-5-6-10-8-12(13)14-11(10)7-9/h7,10-11H,2-6,8H2,1H3. The molecule has 0 radical (unpaired) electrons. The van der Waals surface area contributed by atoms with E-state index < -0.39 is 0 Å². The lowest BCUT2D eigenvalue weighted by atomic mass is 9.85. The lowest BCUT2D eigenvalue weighted by molar-refractivity contribution is -0.140. The lowest BCUT2D eigenvalue weighted by Gasteiger charge is -2.22. The van der Waals surface area contributed by atoms with Gasteiger partial charge in [-0.15, -0.1) is 0 Å². The average Bonchev–Trinajstić information content (AvgIpc) is 2.54. The SMILES string of the molecule is CCCCC1=CC2OC(=O)CC2CC1. The second-order valence-corrected chi connectivity index (χ2v) is 4.39.